The largest absolute Gasteiger partial charge is 0.475 e. The highest BCUT2D eigenvalue weighted by molar-refractivity contribution is 5.84. The van der Waals surface area contributed by atoms with Gasteiger partial charge in [-0.1, -0.05) is 30.3 Å². The fourth-order valence-electron chi connectivity index (χ4n) is 2.01. The van der Waals surface area contributed by atoms with E-state index in [1.165, 1.54) is 6.07 Å². The molecule has 1 heterocycles. The summed E-state index contributed by atoms with van der Waals surface area (Å²) in [5.41, 5.74) is 1.76. The summed E-state index contributed by atoms with van der Waals surface area (Å²) in [6.07, 6.45) is 0. The Balaban J connectivity index is 2.05. The molecule has 0 aliphatic carbocycles. The number of furan rings is 1. The number of aromatic carboxylic acids is 1. The molecule has 1 aromatic heterocycles. The molecule has 0 fully saturated rings. The molecule has 20 heavy (non-hydrogen) atoms. The van der Waals surface area contributed by atoms with Crippen LogP contribution in [0.25, 0.3) is 0 Å². The fourth-order valence-corrected chi connectivity index (χ4v) is 2.01. The molecule has 0 saturated heterocycles. The topological polar surface area (TPSA) is 82.7 Å². The minimum Gasteiger partial charge on any atom is -0.475 e. The zero-order chi connectivity index (χ0) is 14.5. The maximum atomic E-state index is 10.8. The number of rotatable bonds is 6. The van der Waals surface area contributed by atoms with Crippen LogP contribution in [-0.2, 0) is 6.54 Å². The first-order valence-corrected chi connectivity index (χ1v) is 6.33. The van der Waals surface area contributed by atoms with E-state index < -0.39 is 5.97 Å². The molecule has 0 bridgehead atoms. The predicted molar refractivity (Wildman–Crippen MR) is 73.5 cm³/mol. The maximum absolute atomic E-state index is 10.8. The van der Waals surface area contributed by atoms with Crippen LogP contribution in [0.4, 0.5) is 0 Å². The van der Waals surface area contributed by atoms with Crippen LogP contribution in [0.2, 0.25) is 0 Å². The second-order valence-corrected chi connectivity index (χ2v) is 4.52. The van der Waals surface area contributed by atoms with Crippen LogP contribution in [-0.4, -0.2) is 22.8 Å². The molecule has 1 unspecified atom stereocenters. The molecule has 3 N–H and O–H groups in total. The van der Waals surface area contributed by atoms with Crippen LogP contribution < -0.4 is 5.32 Å². The monoisotopic (exact) mass is 275 g/mol. The second-order valence-electron chi connectivity index (χ2n) is 4.52. The predicted octanol–water partition coefficient (Wildman–Crippen LogP) is 2.11. The van der Waals surface area contributed by atoms with E-state index in [0.717, 1.165) is 11.1 Å². The van der Waals surface area contributed by atoms with Crippen LogP contribution in [0.5, 0.6) is 0 Å². The number of carboxylic acids is 1. The third kappa shape index (κ3) is 3.26. The molecule has 0 aliphatic heterocycles. The summed E-state index contributed by atoms with van der Waals surface area (Å²) < 4.78 is 5.15. The van der Waals surface area contributed by atoms with E-state index in [0.29, 0.717) is 12.3 Å². The van der Waals surface area contributed by atoms with Gasteiger partial charge in [-0.3, -0.25) is 0 Å². The van der Waals surface area contributed by atoms with E-state index >= 15 is 0 Å². The average Bonchev–Trinajstić information content (AvgIpc) is 2.82. The van der Waals surface area contributed by atoms with E-state index in [4.69, 9.17) is 9.52 Å². The number of hydrogen-bond donors (Lipinski definition) is 3. The van der Waals surface area contributed by atoms with Gasteiger partial charge in [-0.05, 0) is 18.6 Å². The van der Waals surface area contributed by atoms with Crippen molar-refractivity contribution in [3.63, 3.8) is 0 Å². The zero-order valence-corrected chi connectivity index (χ0v) is 11.2. The van der Waals surface area contributed by atoms with Gasteiger partial charge in [-0.2, -0.15) is 0 Å². The smallest absolute Gasteiger partial charge is 0.371 e. The number of carbonyl (C=O) groups is 1. The summed E-state index contributed by atoms with van der Waals surface area (Å²) in [7, 11) is 0. The van der Waals surface area contributed by atoms with Gasteiger partial charge in [-0.15, -0.1) is 0 Å². The highest BCUT2D eigenvalue weighted by atomic mass is 16.4. The lowest BCUT2D eigenvalue weighted by molar-refractivity contribution is 0.0661. The molecule has 1 atom stereocenters. The van der Waals surface area contributed by atoms with Crippen LogP contribution in [0.15, 0.2) is 40.8 Å². The van der Waals surface area contributed by atoms with Crippen LogP contribution in [0, 0.1) is 6.92 Å². The lowest BCUT2D eigenvalue weighted by atomic mass is 10.1. The van der Waals surface area contributed by atoms with Crippen LogP contribution in [0.1, 0.15) is 33.5 Å². The number of hydrogen-bond acceptors (Lipinski definition) is 4. The number of aliphatic hydroxyl groups excluding tert-OH is 1. The Labute approximate surface area is 116 Å². The SMILES string of the molecule is Cc1oc(C(=O)O)cc1CNC(CO)c1ccccc1. The summed E-state index contributed by atoms with van der Waals surface area (Å²) >= 11 is 0. The van der Waals surface area contributed by atoms with Crippen molar-refractivity contribution in [1.82, 2.24) is 5.32 Å². The first-order chi connectivity index (χ1) is 9.61. The Hall–Kier alpha value is -2.11. The van der Waals surface area contributed by atoms with Crippen molar-refractivity contribution in [3.8, 4) is 0 Å². The standard InChI is InChI=1S/C15H17NO4/c1-10-12(7-14(20-10)15(18)19)8-16-13(9-17)11-5-3-2-4-6-11/h2-7,13,16-17H,8-9H2,1H3,(H,18,19). The molecule has 1 aromatic carbocycles. The van der Waals surface area contributed by atoms with Crippen molar-refractivity contribution in [1.29, 1.82) is 0 Å². The number of carboxylic acid groups (broad SMARTS) is 1. The molecule has 106 valence electrons. The number of aryl methyl sites for hydroxylation is 1. The quantitative estimate of drug-likeness (QED) is 0.752. The minimum atomic E-state index is -1.08. The third-order valence-electron chi connectivity index (χ3n) is 3.15. The summed E-state index contributed by atoms with van der Waals surface area (Å²) in [5, 5.41) is 21.5. The van der Waals surface area contributed by atoms with Crippen LogP contribution in [0.3, 0.4) is 0 Å². The van der Waals surface area contributed by atoms with E-state index in [9.17, 15) is 9.90 Å². The number of aliphatic hydroxyl groups is 1. The molecule has 0 radical (unpaired) electrons. The van der Waals surface area contributed by atoms with E-state index in [2.05, 4.69) is 5.32 Å². The highest BCUT2D eigenvalue weighted by Gasteiger charge is 2.15. The summed E-state index contributed by atoms with van der Waals surface area (Å²) in [6.45, 7) is 2.12. The summed E-state index contributed by atoms with van der Waals surface area (Å²) in [6, 6.07) is 10.9. The van der Waals surface area contributed by atoms with E-state index in [1.807, 2.05) is 30.3 Å². The molecule has 0 amide bonds. The Morgan fingerprint density at radius 1 is 1.35 bits per heavy atom. The van der Waals surface area contributed by atoms with Gasteiger partial charge in [-0.25, -0.2) is 4.79 Å². The van der Waals surface area contributed by atoms with Gasteiger partial charge in [0.05, 0.1) is 12.6 Å². The van der Waals surface area contributed by atoms with Gasteiger partial charge < -0.3 is 19.9 Å². The normalized spacial score (nSPS) is 12.3. The molecule has 0 spiro atoms. The summed E-state index contributed by atoms with van der Waals surface area (Å²) in [4.78, 5) is 10.8. The van der Waals surface area contributed by atoms with Crippen molar-refractivity contribution >= 4 is 5.97 Å². The van der Waals surface area contributed by atoms with Crippen LogP contribution >= 0.6 is 0 Å². The lowest BCUT2D eigenvalue weighted by Crippen LogP contribution is -2.24. The Morgan fingerprint density at radius 2 is 2.05 bits per heavy atom. The Bertz CT molecular complexity index is 577. The third-order valence-corrected chi connectivity index (χ3v) is 3.15. The lowest BCUT2D eigenvalue weighted by Gasteiger charge is -2.16. The van der Waals surface area contributed by atoms with Crippen molar-refractivity contribution in [2.75, 3.05) is 6.61 Å². The first-order valence-electron chi connectivity index (χ1n) is 6.33. The average molecular weight is 275 g/mol. The molecular weight excluding hydrogens is 258 g/mol. The number of nitrogens with one attached hydrogen (secondary N) is 1. The highest BCUT2D eigenvalue weighted by Crippen LogP contribution is 2.17. The molecular formula is C15H17NO4. The molecule has 0 saturated carbocycles. The Kier molecular flexibility index (Phi) is 4.55. The van der Waals surface area contributed by atoms with Gasteiger partial charge in [0.2, 0.25) is 5.76 Å². The van der Waals surface area contributed by atoms with E-state index in [-0.39, 0.29) is 18.4 Å². The van der Waals surface area contributed by atoms with Crippen molar-refractivity contribution in [3.05, 3.63) is 59.0 Å². The molecule has 2 rings (SSSR count). The zero-order valence-electron chi connectivity index (χ0n) is 11.2. The minimum absolute atomic E-state index is 0.0350. The molecule has 0 aliphatic rings. The van der Waals surface area contributed by atoms with Gasteiger partial charge >= 0.3 is 5.97 Å². The van der Waals surface area contributed by atoms with Gasteiger partial charge in [0.1, 0.15) is 5.76 Å². The van der Waals surface area contributed by atoms with Crippen molar-refractivity contribution in [2.24, 2.45) is 0 Å². The first kappa shape index (κ1) is 14.3. The molecule has 2 aromatic rings. The van der Waals surface area contributed by atoms with Gasteiger partial charge in [0.15, 0.2) is 0 Å². The Morgan fingerprint density at radius 3 is 2.60 bits per heavy atom. The fraction of sp³-hybridized carbons (Fsp3) is 0.267. The van der Waals surface area contributed by atoms with Crippen molar-refractivity contribution < 1.29 is 19.4 Å². The summed E-state index contributed by atoms with van der Waals surface area (Å²) in [5.74, 6) is -0.583. The number of benzene rings is 1. The van der Waals surface area contributed by atoms with Crippen molar-refractivity contribution in [2.45, 2.75) is 19.5 Å². The van der Waals surface area contributed by atoms with Gasteiger partial charge in [0, 0.05) is 12.1 Å². The molecule has 5 nitrogen and oxygen atoms in total. The molecule has 5 heteroatoms. The maximum Gasteiger partial charge on any atom is 0.371 e. The van der Waals surface area contributed by atoms with E-state index in [1.54, 1.807) is 6.92 Å². The second kappa shape index (κ2) is 6.36. The van der Waals surface area contributed by atoms with Gasteiger partial charge in [0.25, 0.3) is 0 Å².